The molecule has 0 unspecified atom stereocenters. The van der Waals surface area contributed by atoms with Gasteiger partial charge >= 0.3 is 0 Å². The van der Waals surface area contributed by atoms with Crippen molar-refractivity contribution < 1.29 is 14.3 Å². The van der Waals surface area contributed by atoms with Crippen LogP contribution >= 0.6 is 0 Å². The Bertz CT molecular complexity index is 875. The van der Waals surface area contributed by atoms with E-state index in [9.17, 15) is 10.1 Å². The predicted molar refractivity (Wildman–Crippen MR) is 108 cm³/mol. The van der Waals surface area contributed by atoms with Crippen LogP contribution in [0, 0.1) is 18.3 Å². The van der Waals surface area contributed by atoms with E-state index in [-0.39, 0.29) is 17.6 Å². The van der Waals surface area contributed by atoms with Gasteiger partial charge in [-0.3, -0.25) is 4.79 Å². The number of ether oxygens (including phenoxy) is 2. The molecule has 0 bridgehead atoms. The number of hydrogen-bond donors (Lipinski definition) is 1. The summed E-state index contributed by atoms with van der Waals surface area (Å²) >= 11 is 0. The van der Waals surface area contributed by atoms with Crippen LogP contribution in [0.2, 0.25) is 0 Å². The molecule has 0 spiro atoms. The highest BCUT2D eigenvalue weighted by Crippen LogP contribution is 2.17. The lowest BCUT2D eigenvalue weighted by atomic mass is 10.1. The highest BCUT2D eigenvalue weighted by molar-refractivity contribution is 6.01. The standard InChI is InChI=1S/C23H24N2O3/c1-17-4-2-5-19(12-17)16-28-21-9-7-18(8-10-21)13-20(14-24)23(26)25-15-22-6-3-11-27-22/h2,4-5,7-10,12-13,22H,3,6,11,15-16H2,1H3,(H,25,26)/b20-13+/t22-/m1/s1. The first kappa shape index (κ1) is 19.7. The Morgan fingerprint density at radius 3 is 2.82 bits per heavy atom. The van der Waals surface area contributed by atoms with Gasteiger partial charge in [-0.15, -0.1) is 0 Å². The number of carbonyl (C=O) groups is 1. The van der Waals surface area contributed by atoms with Crippen molar-refractivity contribution in [2.24, 2.45) is 0 Å². The van der Waals surface area contributed by atoms with Gasteiger partial charge in [0.05, 0.1) is 6.10 Å². The molecule has 144 valence electrons. The molecule has 3 rings (SSSR count). The molecule has 0 aromatic heterocycles. The fourth-order valence-electron chi connectivity index (χ4n) is 3.05. The van der Waals surface area contributed by atoms with Gasteiger partial charge in [-0.1, -0.05) is 42.0 Å². The number of nitrogens with zero attached hydrogens (tertiary/aromatic N) is 1. The van der Waals surface area contributed by atoms with Crippen LogP contribution in [0.3, 0.4) is 0 Å². The summed E-state index contributed by atoms with van der Waals surface area (Å²) in [5.74, 6) is 0.359. The zero-order valence-electron chi connectivity index (χ0n) is 16.0. The molecule has 1 fully saturated rings. The maximum atomic E-state index is 12.2. The average molecular weight is 376 g/mol. The third kappa shape index (κ3) is 5.70. The largest absolute Gasteiger partial charge is 0.489 e. The molecule has 0 saturated carbocycles. The zero-order chi connectivity index (χ0) is 19.8. The van der Waals surface area contributed by atoms with E-state index in [0.29, 0.717) is 13.2 Å². The van der Waals surface area contributed by atoms with E-state index in [4.69, 9.17) is 9.47 Å². The lowest BCUT2D eigenvalue weighted by Crippen LogP contribution is -2.32. The van der Waals surface area contributed by atoms with Crippen molar-refractivity contribution in [1.29, 1.82) is 5.26 Å². The van der Waals surface area contributed by atoms with Gasteiger partial charge in [0, 0.05) is 13.2 Å². The van der Waals surface area contributed by atoms with Crippen molar-refractivity contribution in [1.82, 2.24) is 5.32 Å². The monoisotopic (exact) mass is 376 g/mol. The molecule has 0 aliphatic carbocycles. The number of aryl methyl sites for hydroxylation is 1. The van der Waals surface area contributed by atoms with Crippen LogP contribution < -0.4 is 10.1 Å². The molecule has 28 heavy (non-hydrogen) atoms. The van der Waals surface area contributed by atoms with Crippen molar-refractivity contribution in [2.45, 2.75) is 32.5 Å². The van der Waals surface area contributed by atoms with Crippen LogP contribution in [-0.4, -0.2) is 25.2 Å². The Balaban J connectivity index is 1.56. The van der Waals surface area contributed by atoms with Crippen molar-refractivity contribution in [3.63, 3.8) is 0 Å². The van der Waals surface area contributed by atoms with Crippen molar-refractivity contribution in [3.8, 4) is 11.8 Å². The van der Waals surface area contributed by atoms with Crippen LogP contribution in [0.1, 0.15) is 29.5 Å². The minimum absolute atomic E-state index is 0.0497. The molecule has 2 aromatic rings. The number of hydrogen-bond acceptors (Lipinski definition) is 4. The smallest absolute Gasteiger partial charge is 0.262 e. The van der Waals surface area contributed by atoms with E-state index in [1.807, 2.05) is 55.5 Å². The molecule has 1 amide bonds. The van der Waals surface area contributed by atoms with Crippen molar-refractivity contribution >= 4 is 12.0 Å². The van der Waals surface area contributed by atoms with E-state index in [2.05, 4.69) is 11.4 Å². The van der Waals surface area contributed by atoms with E-state index in [0.717, 1.165) is 36.3 Å². The molecule has 1 aliphatic heterocycles. The molecular formula is C23H24N2O3. The van der Waals surface area contributed by atoms with Gasteiger partial charge < -0.3 is 14.8 Å². The molecule has 1 atom stereocenters. The minimum Gasteiger partial charge on any atom is -0.489 e. The summed E-state index contributed by atoms with van der Waals surface area (Å²) in [5.41, 5.74) is 3.15. The van der Waals surface area contributed by atoms with Gasteiger partial charge in [-0.2, -0.15) is 5.26 Å². The van der Waals surface area contributed by atoms with Crippen LogP contribution in [0.15, 0.2) is 54.1 Å². The summed E-state index contributed by atoms with van der Waals surface area (Å²) in [4.78, 5) is 12.2. The van der Waals surface area contributed by atoms with Crippen molar-refractivity contribution in [2.75, 3.05) is 13.2 Å². The number of benzene rings is 2. The van der Waals surface area contributed by atoms with Crippen LogP contribution in [-0.2, 0) is 16.1 Å². The van der Waals surface area contributed by atoms with E-state index < -0.39 is 0 Å². The Kier molecular flexibility index (Phi) is 6.83. The topological polar surface area (TPSA) is 71.3 Å². The van der Waals surface area contributed by atoms with E-state index in [1.165, 1.54) is 5.56 Å². The molecule has 0 radical (unpaired) electrons. The van der Waals surface area contributed by atoms with Gasteiger partial charge in [-0.25, -0.2) is 0 Å². The predicted octanol–water partition coefficient (Wildman–Crippen LogP) is 3.78. The first-order valence-electron chi connectivity index (χ1n) is 9.44. The number of nitriles is 1. The lowest BCUT2D eigenvalue weighted by Gasteiger charge is -2.10. The molecule has 2 aromatic carbocycles. The maximum absolute atomic E-state index is 12.2. The quantitative estimate of drug-likeness (QED) is 0.590. The number of carbonyl (C=O) groups excluding carboxylic acids is 1. The van der Waals surface area contributed by atoms with E-state index >= 15 is 0 Å². The summed E-state index contributed by atoms with van der Waals surface area (Å²) < 4.78 is 11.3. The number of nitrogens with one attached hydrogen (secondary N) is 1. The zero-order valence-corrected chi connectivity index (χ0v) is 16.0. The SMILES string of the molecule is Cc1cccc(COc2ccc(/C=C(\C#N)C(=O)NC[C@H]3CCCO3)cc2)c1. The summed E-state index contributed by atoms with van der Waals surface area (Å²) in [5, 5.41) is 12.1. The molecular weight excluding hydrogens is 352 g/mol. The Morgan fingerprint density at radius 2 is 2.14 bits per heavy atom. The molecule has 5 heteroatoms. The number of amides is 1. The summed E-state index contributed by atoms with van der Waals surface area (Å²) in [6, 6.07) is 17.5. The van der Waals surface area contributed by atoms with Crippen LogP contribution in [0.25, 0.3) is 6.08 Å². The Hall–Kier alpha value is -3.10. The minimum atomic E-state index is -0.377. The number of rotatable bonds is 7. The second-order valence-corrected chi connectivity index (χ2v) is 6.86. The second kappa shape index (κ2) is 9.72. The molecule has 1 saturated heterocycles. The van der Waals surface area contributed by atoms with Gasteiger partial charge in [0.15, 0.2) is 0 Å². The van der Waals surface area contributed by atoms with Gasteiger partial charge in [0.1, 0.15) is 24.0 Å². The fraction of sp³-hybridized carbons (Fsp3) is 0.304. The molecule has 1 N–H and O–H groups in total. The summed E-state index contributed by atoms with van der Waals surface area (Å²) in [6.07, 6.45) is 3.58. The van der Waals surface area contributed by atoms with Gasteiger partial charge in [0.25, 0.3) is 5.91 Å². The second-order valence-electron chi connectivity index (χ2n) is 6.86. The third-order valence-electron chi connectivity index (χ3n) is 4.56. The Morgan fingerprint density at radius 1 is 1.32 bits per heavy atom. The normalized spacial score (nSPS) is 16.4. The van der Waals surface area contributed by atoms with Crippen LogP contribution in [0.5, 0.6) is 5.75 Å². The Labute approximate surface area is 165 Å². The van der Waals surface area contributed by atoms with Gasteiger partial charge in [0.2, 0.25) is 0 Å². The van der Waals surface area contributed by atoms with Crippen molar-refractivity contribution in [3.05, 3.63) is 70.8 Å². The van der Waals surface area contributed by atoms with Crippen LogP contribution in [0.4, 0.5) is 0 Å². The first-order valence-corrected chi connectivity index (χ1v) is 9.44. The summed E-state index contributed by atoms with van der Waals surface area (Å²) in [6.45, 7) is 3.71. The third-order valence-corrected chi connectivity index (χ3v) is 4.56. The molecule has 1 heterocycles. The molecule has 5 nitrogen and oxygen atoms in total. The lowest BCUT2D eigenvalue weighted by molar-refractivity contribution is -0.117. The average Bonchev–Trinajstić information content (AvgIpc) is 3.23. The first-order chi connectivity index (χ1) is 13.6. The fourth-order valence-corrected chi connectivity index (χ4v) is 3.05. The van der Waals surface area contributed by atoms with E-state index in [1.54, 1.807) is 6.08 Å². The van der Waals surface area contributed by atoms with Gasteiger partial charge in [-0.05, 0) is 49.1 Å². The summed E-state index contributed by atoms with van der Waals surface area (Å²) in [7, 11) is 0. The highest BCUT2D eigenvalue weighted by atomic mass is 16.5. The highest BCUT2D eigenvalue weighted by Gasteiger charge is 2.17. The molecule has 1 aliphatic rings. The maximum Gasteiger partial charge on any atom is 0.262 e.